The van der Waals surface area contributed by atoms with Crippen LogP contribution in [0.2, 0.25) is 20.1 Å². The zero-order valence-corrected chi connectivity index (χ0v) is 28.6. The molecule has 0 saturated heterocycles. The summed E-state index contributed by atoms with van der Waals surface area (Å²) < 4.78 is 17.9. The number of azo groups is 1. The summed E-state index contributed by atoms with van der Waals surface area (Å²) >= 11 is 26.2. The van der Waals surface area contributed by atoms with Crippen LogP contribution in [-0.4, -0.2) is 20.8 Å². The van der Waals surface area contributed by atoms with Gasteiger partial charge in [-0.3, -0.25) is 0 Å². The highest BCUT2D eigenvalue weighted by molar-refractivity contribution is 6.39. The summed E-state index contributed by atoms with van der Waals surface area (Å²) in [5, 5.41) is 10.1. The van der Waals surface area contributed by atoms with Crippen LogP contribution in [0.15, 0.2) is 113 Å². The molecule has 0 saturated carbocycles. The Labute approximate surface area is 289 Å². The van der Waals surface area contributed by atoms with Crippen molar-refractivity contribution in [1.29, 1.82) is 0 Å². The van der Waals surface area contributed by atoms with E-state index in [-0.39, 0.29) is 0 Å². The van der Waals surface area contributed by atoms with Crippen molar-refractivity contribution < 1.29 is 14.2 Å². The standard InChI is InChI=1S/C37H32Cl4N2O3/c1-4-24-20-31(38)35(32(39)21-24)42-43-36-33(40)22-25(23-34(36)41)18-19-46-37(26-8-6-5-7-9-26,27-10-14-29(44-2)15-11-27)28-12-16-30(45-3)17-13-28/h5-17,20-23H,4,18-19H2,1-3H3. The van der Waals surface area contributed by atoms with Crippen molar-refractivity contribution >= 4 is 57.8 Å². The van der Waals surface area contributed by atoms with Crippen LogP contribution in [0.5, 0.6) is 11.5 Å². The van der Waals surface area contributed by atoms with Gasteiger partial charge in [0.25, 0.3) is 0 Å². The lowest BCUT2D eigenvalue weighted by molar-refractivity contribution is 0.0147. The van der Waals surface area contributed by atoms with E-state index < -0.39 is 5.60 Å². The van der Waals surface area contributed by atoms with Gasteiger partial charge in [0.05, 0.1) is 40.9 Å². The molecule has 5 nitrogen and oxygen atoms in total. The van der Waals surface area contributed by atoms with Crippen molar-refractivity contribution in [3.05, 3.63) is 151 Å². The van der Waals surface area contributed by atoms with E-state index in [1.807, 2.05) is 97.9 Å². The highest BCUT2D eigenvalue weighted by atomic mass is 35.5. The smallest absolute Gasteiger partial charge is 0.143 e. The van der Waals surface area contributed by atoms with Gasteiger partial charge in [0.15, 0.2) is 0 Å². The molecule has 0 radical (unpaired) electrons. The van der Waals surface area contributed by atoms with E-state index in [1.54, 1.807) is 14.2 Å². The molecule has 0 N–H and O–H groups in total. The van der Waals surface area contributed by atoms with Crippen molar-refractivity contribution in [3.63, 3.8) is 0 Å². The van der Waals surface area contributed by atoms with Gasteiger partial charge in [-0.1, -0.05) is 108 Å². The third kappa shape index (κ3) is 7.35. The third-order valence-electron chi connectivity index (χ3n) is 7.69. The van der Waals surface area contributed by atoms with Gasteiger partial charge in [0.2, 0.25) is 0 Å². The number of aryl methyl sites for hydroxylation is 1. The van der Waals surface area contributed by atoms with Gasteiger partial charge < -0.3 is 14.2 Å². The Morgan fingerprint density at radius 3 is 1.39 bits per heavy atom. The Morgan fingerprint density at radius 2 is 0.978 bits per heavy atom. The van der Waals surface area contributed by atoms with E-state index in [0.717, 1.165) is 45.7 Å². The van der Waals surface area contributed by atoms with E-state index >= 15 is 0 Å². The molecule has 0 aromatic heterocycles. The molecule has 0 heterocycles. The van der Waals surface area contributed by atoms with E-state index in [9.17, 15) is 0 Å². The van der Waals surface area contributed by atoms with Crippen molar-refractivity contribution in [2.24, 2.45) is 10.2 Å². The Kier molecular flexibility index (Phi) is 11.3. The van der Waals surface area contributed by atoms with Crippen LogP contribution in [-0.2, 0) is 23.2 Å². The fourth-order valence-electron chi connectivity index (χ4n) is 5.27. The molecule has 236 valence electrons. The number of halogens is 4. The summed E-state index contributed by atoms with van der Waals surface area (Å²) in [4.78, 5) is 0. The van der Waals surface area contributed by atoms with E-state index in [2.05, 4.69) is 22.4 Å². The molecule has 0 aliphatic rings. The van der Waals surface area contributed by atoms with Crippen LogP contribution in [0.1, 0.15) is 34.7 Å². The van der Waals surface area contributed by atoms with Gasteiger partial charge >= 0.3 is 0 Å². The molecule has 9 heteroatoms. The second-order valence-electron chi connectivity index (χ2n) is 10.5. The fourth-order valence-corrected chi connectivity index (χ4v) is 6.49. The average molecular weight is 694 g/mol. The predicted molar refractivity (Wildman–Crippen MR) is 188 cm³/mol. The summed E-state index contributed by atoms with van der Waals surface area (Å²) in [5.41, 5.74) is 4.50. The Bertz CT molecular complexity index is 1720. The minimum Gasteiger partial charge on any atom is -0.497 e. The van der Waals surface area contributed by atoms with E-state index in [1.165, 1.54) is 0 Å². The van der Waals surface area contributed by atoms with E-state index in [4.69, 9.17) is 60.6 Å². The SMILES string of the molecule is CCc1cc(Cl)c(N=Nc2c(Cl)cc(CCOC(c3ccccc3)(c3ccc(OC)cc3)c3ccc(OC)cc3)cc2Cl)c(Cl)c1. The summed E-state index contributed by atoms with van der Waals surface area (Å²) in [6, 6.07) is 33.3. The van der Waals surface area contributed by atoms with Gasteiger partial charge in [0, 0.05) is 0 Å². The maximum atomic E-state index is 6.96. The number of rotatable bonds is 12. The lowest BCUT2D eigenvalue weighted by Crippen LogP contribution is -2.33. The van der Waals surface area contributed by atoms with Crippen molar-refractivity contribution in [2.45, 2.75) is 25.4 Å². The predicted octanol–water partition coefficient (Wildman–Crippen LogP) is 11.8. The third-order valence-corrected chi connectivity index (χ3v) is 8.85. The largest absolute Gasteiger partial charge is 0.497 e. The molecule has 0 atom stereocenters. The minimum absolute atomic E-state index is 0.329. The number of hydrogen-bond donors (Lipinski definition) is 0. The summed E-state index contributed by atoms with van der Waals surface area (Å²) in [7, 11) is 3.30. The summed E-state index contributed by atoms with van der Waals surface area (Å²) in [6.45, 7) is 2.37. The highest BCUT2D eigenvalue weighted by Gasteiger charge is 2.37. The zero-order chi connectivity index (χ0) is 32.7. The first-order valence-electron chi connectivity index (χ1n) is 14.6. The monoisotopic (exact) mass is 692 g/mol. The van der Waals surface area contributed by atoms with Gasteiger partial charge in [-0.2, -0.15) is 0 Å². The second-order valence-corrected chi connectivity index (χ2v) is 12.1. The molecule has 0 bridgehead atoms. The number of hydrogen-bond acceptors (Lipinski definition) is 5. The maximum Gasteiger partial charge on any atom is 0.143 e. The van der Waals surface area contributed by atoms with Gasteiger partial charge in [0.1, 0.15) is 28.5 Å². The topological polar surface area (TPSA) is 52.4 Å². The Balaban J connectivity index is 1.46. The Morgan fingerprint density at radius 1 is 0.565 bits per heavy atom. The van der Waals surface area contributed by atoms with Crippen LogP contribution in [0, 0.1) is 0 Å². The minimum atomic E-state index is -0.937. The molecule has 0 aliphatic heterocycles. The summed E-state index contributed by atoms with van der Waals surface area (Å²) in [5.74, 6) is 1.51. The number of benzene rings is 5. The number of nitrogens with zero attached hydrogens (tertiary/aromatic N) is 2. The first-order valence-corrected chi connectivity index (χ1v) is 16.2. The van der Waals surface area contributed by atoms with Gasteiger partial charge in [-0.15, -0.1) is 10.2 Å². The first kappa shape index (κ1) is 33.8. The quantitative estimate of drug-likeness (QED) is 0.0965. The van der Waals surface area contributed by atoms with Crippen LogP contribution in [0.25, 0.3) is 0 Å². The molecule has 0 amide bonds. The molecular formula is C37H32Cl4N2O3. The highest BCUT2D eigenvalue weighted by Crippen LogP contribution is 2.43. The van der Waals surface area contributed by atoms with Crippen LogP contribution in [0.4, 0.5) is 11.4 Å². The van der Waals surface area contributed by atoms with Crippen LogP contribution in [0.3, 0.4) is 0 Å². The number of methoxy groups -OCH3 is 2. The van der Waals surface area contributed by atoms with Gasteiger partial charge in [-0.25, -0.2) is 0 Å². The normalized spacial score (nSPS) is 11.6. The molecule has 46 heavy (non-hydrogen) atoms. The second kappa shape index (κ2) is 15.3. The molecule has 0 fully saturated rings. The molecule has 0 spiro atoms. The lowest BCUT2D eigenvalue weighted by atomic mass is 9.80. The maximum absolute atomic E-state index is 6.96. The lowest BCUT2D eigenvalue weighted by Gasteiger charge is -2.36. The molecule has 5 aromatic carbocycles. The molecular weight excluding hydrogens is 662 g/mol. The van der Waals surface area contributed by atoms with E-state index in [0.29, 0.717) is 44.5 Å². The van der Waals surface area contributed by atoms with Crippen LogP contribution >= 0.6 is 46.4 Å². The molecule has 5 aromatic rings. The Hall–Kier alpha value is -3.58. The zero-order valence-electron chi connectivity index (χ0n) is 25.6. The number of ether oxygens (including phenoxy) is 3. The van der Waals surface area contributed by atoms with Crippen LogP contribution < -0.4 is 9.47 Å². The molecule has 5 rings (SSSR count). The van der Waals surface area contributed by atoms with Crippen molar-refractivity contribution in [3.8, 4) is 11.5 Å². The van der Waals surface area contributed by atoms with Crippen molar-refractivity contribution in [1.82, 2.24) is 0 Å². The molecule has 0 aliphatic carbocycles. The molecule has 0 unspecified atom stereocenters. The van der Waals surface area contributed by atoms with Gasteiger partial charge in [-0.05, 0) is 89.2 Å². The fraction of sp³-hybridized carbons (Fsp3) is 0.189. The first-order chi connectivity index (χ1) is 22.3. The average Bonchev–Trinajstić information content (AvgIpc) is 3.08. The van der Waals surface area contributed by atoms with Crippen molar-refractivity contribution in [2.75, 3.05) is 20.8 Å². The summed E-state index contributed by atoms with van der Waals surface area (Å²) in [6.07, 6.45) is 1.32.